The summed E-state index contributed by atoms with van der Waals surface area (Å²) in [5.74, 6) is 0.530. The Labute approximate surface area is 127 Å². The molecule has 0 radical (unpaired) electrons. The standard InChI is InChI=1S/C17H26O4/c1-17(2,3)21-16(19)13-14-8-7-9-15(12-14)20-11-6-4-5-10-18/h7-9,12,18H,4-6,10-11,13H2,1-3H3. The second-order valence-corrected chi connectivity index (χ2v) is 6.04. The molecule has 4 nitrogen and oxygen atoms in total. The molecule has 0 aromatic heterocycles. The lowest BCUT2D eigenvalue weighted by atomic mass is 10.1. The number of unbranched alkanes of at least 4 members (excludes halogenated alkanes) is 2. The molecule has 118 valence electrons. The van der Waals surface area contributed by atoms with Crippen LogP contribution in [0.3, 0.4) is 0 Å². The lowest BCUT2D eigenvalue weighted by Gasteiger charge is -2.19. The van der Waals surface area contributed by atoms with Crippen LogP contribution in [0.15, 0.2) is 24.3 Å². The number of carbonyl (C=O) groups is 1. The van der Waals surface area contributed by atoms with Crippen LogP contribution in [0.2, 0.25) is 0 Å². The predicted octanol–water partition coefficient (Wildman–Crippen LogP) is 3.11. The first-order valence-corrected chi connectivity index (χ1v) is 7.45. The molecule has 0 saturated heterocycles. The van der Waals surface area contributed by atoms with E-state index in [1.165, 1.54) is 0 Å². The number of aliphatic hydroxyl groups excluding tert-OH is 1. The van der Waals surface area contributed by atoms with E-state index in [9.17, 15) is 4.79 Å². The molecule has 21 heavy (non-hydrogen) atoms. The van der Waals surface area contributed by atoms with Crippen molar-refractivity contribution in [1.29, 1.82) is 0 Å². The quantitative estimate of drug-likeness (QED) is 0.591. The maximum Gasteiger partial charge on any atom is 0.310 e. The maximum absolute atomic E-state index is 11.8. The number of hydrogen-bond donors (Lipinski definition) is 1. The minimum absolute atomic E-state index is 0.228. The van der Waals surface area contributed by atoms with Crippen molar-refractivity contribution in [3.8, 4) is 5.75 Å². The summed E-state index contributed by atoms with van der Waals surface area (Å²) in [7, 11) is 0. The molecule has 1 rings (SSSR count). The van der Waals surface area contributed by atoms with Crippen LogP contribution in [0.25, 0.3) is 0 Å². The fraction of sp³-hybridized carbons (Fsp3) is 0.588. The highest BCUT2D eigenvalue weighted by Crippen LogP contribution is 2.16. The molecular formula is C17H26O4. The second kappa shape index (κ2) is 8.67. The van der Waals surface area contributed by atoms with Gasteiger partial charge in [-0.1, -0.05) is 12.1 Å². The Bertz CT molecular complexity index is 435. The van der Waals surface area contributed by atoms with Crippen LogP contribution in [-0.2, 0) is 16.0 Å². The first-order chi connectivity index (χ1) is 9.90. The monoisotopic (exact) mass is 294 g/mol. The zero-order valence-corrected chi connectivity index (χ0v) is 13.2. The van der Waals surface area contributed by atoms with Crippen molar-refractivity contribution in [1.82, 2.24) is 0 Å². The van der Waals surface area contributed by atoms with Gasteiger partial charge in [0.1, 0.15) is 11.4 Å². The van der Waals surface area contributed by atoms with Crippen LogP contribution < -0.4 is 4.74 Å². The summed E-state index contributed by atoms with van der Waals surface area (Å²) in [4.78, 5) is 11.8. The number of rotatable bonds is 8. The minimum Gasteiger partial charge on any atom is -0.494 e. The van der Waals surface area contributed by atoms with Crippen molar-refractivity contribution < 1.29 is 19.4 Å². The molecule has 0 fully saturated rings. The third kappa shape index (κ3) is 8.35. The minimum atomic E-state index is -0.460. The van der Waals surface area contributed by atoms with Crippen molar-refractivity contribution in [3.63, 3.8) is 0 Å². The van der Waals surface area contributed by atoms with Crippen molar-refractivity contribution >= 4 is 5.97 Å². The third-order valence-corrected chi connectivity index (χ3v) is 2.74. The van der Waals surface area contributed by atoms with E-state index in [1.807, 2.05) is 45.0 Å². The van der Waals surface area contributed by atoms with Crippen molar-refractivity contribution in [2.45, 2.75) is 52.1 Å². The highest BCUT2D eigenvalue weighted by molar-refractivity contribution is 5.73. The van der Waals surface area contributed by atoms with Crippen LogP contribution in [-0.4, -0.2) is 29.9 Å². The van der Waals surface area contributed by atoms with Crippen LogP contribution in [0.4, 0.5) is 0 Å². The van der Waals surface area contributed by atoms with E-state index in [1.54, 1.807) is 0 Å². The number of esters is 1. The number of hydrogen-bond acceptors (Lipinski definition) is 4. The Hall–Kier alpha value is -1.55. The SMILES string of the molecule is CC(C)(C)OC(=O)Cc1cccc(OCCCCCO)c1. The normalized spacial score (nSPS) is 11.2. The Kier molecular flexibility index (Phi) is 7.23. The van der Waals surface area contributed by atoms with E-state index in [4.69, 9.17) is 14.6 Å². The number of carbonyl (C=O) groups excluding carboxylic acids is 1. The van der Waals surface area contributed by atoms with Crippen molar-refractivity contribution in [3.05, 3.63) is 29.8 Å². The van der Waals surface area contributed by atoms with Gasteiger partial charge in [0.2, 0.25) is 0 Å². The highest BCUT2D eigenvalue weighted by atomic mass is 16.6. The lowest BCUT2D eigenvalue weighted by molar-refractivity contribution is -0.153. The van der Waals surface area contributed by atoms with Gasteiger partial charge in [0.05, 0.1) is 13.0 Å². The summed E-state index contributed by atoms with van der Waals surface area (Å²) in [6, 6.07) is 7.52. The molecule has 0 bridgehead atoms. The molecule has 0 aliphatic carbocycles. The van der Waals surface area contributed by atoms with Gasteiger partial charge in [-0.2, -0.15) is 0 Å². The van der Waals surface area contributed by atoms with Gasteiger partial charge in [-0.15, -0.1) is 0 Å². The molecule has 0 aliphatic rings. The van der Waals surface area contributed by atoms with Gasteiger partial charge in [-0.25, -0.2) is 0 Å². The van der Waals surface area contributed by atoms with E-state index < -0.39 is 5.60 Å². The van der Waals surface area contributed by atoms with Gasteiger partial charge in [0.25, 0.3) is 0 Å². The molecule has 0 spiro atoms. The van der Waals surface area contributed by atoms with Gasteiger partial charge in [-0.05, 0) is 57.7 Å². The van der Waals surface area contributed by atoms with E-state index in [0.717, 1.165) is 30.6 Å². The van der Waals surface area contributed by atoms with Crippen LogP contribution in [0.1, 0.15) is 45.6 Å². The molecule has 0 amide bonds. The predicted molar refractivity (Wildman–Crippen MR) is 82.4 cm³/mol. The smallest absolute Gasteiger partial charge is 0.310 e. The van der Waals surface area contributed by atoms with Crippen molar-refractivity contribution in [2.75, 3.05) is 13.2 Å². The fourth-order valence-corrected chi connectivity index (χ4v) is 1.87. The Balaban J connectivity index is 2.43. The zero-order valence-electron chi connectivity index (χ0n) is 13.2. The van der Waals surface area contributed by atoms with Gasteiger partial charge in [-0.3, -0.25) is 4.79 Å². The third-order valence-electron chi connectivity index (χ3n) is 2.74. The van der Waals surface area contributed by atoms with E-state index in [2.05, 4.69) is 0 Å². The Morgan fingerprint density at radius 3 is 2.62 bits per heavy atom. The van der Waals surface area contributed by atoms with Crippen LogP contribution in [0.5, 0.6) is 5.75 Å². The molecule has 1 aromatic carbocycles. The average molecular weight is 294 g/mol. The Morgan fingerprint density at radius 2 is 1.95 bits per heavy atom. The molecule has 4 heteroatoms. The second-order valence-electron chi connectivity index (χ2n) is 6.04. The number of benzene rings is 1. The summed E-state index contributed by atoms with van der Waals surface area (Å²) < 4.78 is 10.9. The molecular weight excluding hydrogens is 268 g/mol. The first-order valence-electron chi connectivity index (χ1n) is 7.45. The highest BCUT2D eigenvalue weighted by Gasteiger charge is 2.16. The van der Waals surface area contributed by atoms with E-state index in [0.29, 0.717) is 6.61 Å². The summed E-state index contributed by atoms with van der Waals surface area (Å²) in [5, 5.41) is 8.70. The van der Waals surface area contributed by atoms with Crippen LogP contribution >= 0.6 is 0 Å². The van der Waals surface area contributed by atoms with Gasteiger partial charge in [0.15, 0.2) is 0 Å². The van der Waals surface area contributed by atoms with Crippen LogP contribution in [0, 0.1) is 0 Å². The lowest BCUT2D eigenvalue weighted by Crippen LogP contribution is -2.24. The molecule has 0 saturated carbocycles. The van der Waals surface area contributed by atoms with Gasteiger partial charge in [0, 0.05) is 6.61 Å². The fourth-order valence-electron chi connectivity index (χ4n) is 1.87. The number of aliphatic hydroxyl groups is 1. The molecule has 0 aliphatic heterocycles. The van der Waals surface area contributed by atoms with E-state index >= 15 is 0 Å². The zero-order chi connectivity index (χ0) is 15.7. The molecule has 0 heterocycles. The molecule has 1 N–H and O–H groups in total. The topological polar surface area (TPSA) is 55.8 Å². The summed E-state index contributed by atoms with van der Waals surface area (Å²) >= 11 is 0. The first kappa shape index (κ1) is 17.5. The molecule has 0 unspecified atom stereocenters. The van der Waals surface area contributed by atoms with Gasteiger partial charge >= 0.3 is 5.97 Å². The summed E-state index contributed by atoms with van der Waals surface area (Å²) in [5.41, 5.74) is 0.426. The van der Waals surface area contributed by atoms with Gasteiger partial charge < -0.3 is 14.6 Å². The van der Waals surface area contributed by atoms with E-state index in [-0.39, 0.29) is 19.0 Å². The number of ether oxygens (including phenoxy) is 2. The van der Waals surface area contributed by atoms with Crippen molar-refractivity contribution in [2.24, 2.45) is 0 Å². The average Bonchev–Trinajstić information content (AvgIpc) is 2.36. The Morgan fingerprint density at radius 1 is 1.19 bits per heavy atom. The summed E-state index contributed by atoms with van der Waals surface area (Å²) in [6.45, 7) is 6.42. The molecule has 0 atom stereocenters. The molecule has 1 aromatic rings. The largest absolute Gasteiger partial charge is 0.494 e. The summed E-state index contributed by atoms with van der Waals surface area (Å²) in [6.07, 6.45) is 2.92. The maximum atomic E-state index is 11.8.